The lowest BCUT2D eigenvalue weighted by Crippen LogP contribution is -2.47. The van der Waals surface area contributed by atoms with Crippen LogP contribution >= 0.6 is 24.0 Å². The number of alkyl halides is 3. The first kappa shape index (κ1) is 26.2. The molecule has 2 fully saturated rings. The van der Waals surface area contributed by atoms with E-state index in [4.69, 9.17) is 4.42 Å². The fourth-order valence-electron chi connectivity index (χ4n) is 4.12. The van der Waals surface area contributed by atoms with Gasteiger partial charge in [-0.1, -0.05) is 0 Å². The number of rotatable bonds is 6. The summed E-state index contributed by atoms with van der Waals surface area (Å²) in [6.45, 7) is 7.43. The van der Waals surface area contributed by atoms with Crippen molar-refractivity contribution in [2.24, 2.45) is 10.9 Å². The van der Waals surface area contributed by atoms with Crippen LogP contribution in [0.5, 0.6) is 0 Å². The second kappa shape index (κ2) is 11.7. The Kier molecular flexibility index (Phi) is 9.87. The molecule has 3 heterocycles. The van der Waals surface area contributed by atoms with Gasteiger partial charge in [0.1, 0.15) is 5.76 Å². The maximum absolute atomic E-state index is 12.5. The average molecular weight is 558 g/mol. The number of halogens is 4. The molecule has 7 nitrogen and oxygen atoms in total. The molecule has 2 N–H and O–H groups in total. The second-order valence-electron chi connectivity index (χ2n) is 8.40. The smallest absolute Gasteiger partial charge is 0.401 e. The van der Waals surface area contributed by atoms with Crippen LogP contribution in [0.25, 0.3) is 0 Å². The molecule has 3 rings (SSSR count). The molecule has 31 heavy (non-hydrogen) atoms. The van der Waals surface area contributed by atoms with Gasteiger partial charge in [-0.15, -0.1) is 24.0 Å². The number of nitrogens with one attached hydrogen (secondary N) is 2. The van der Waals surface area contributed by atoms with E-state index in [2.05, 4.69) is 25.5 Å². The lowest BCUT2D eigenvalue weighted by atomic mass is 9.97. The number of oxazole rings is 1. The SMILES string of the molecule is CN=C(NCC1CCN(Cc2nc(C)c(C)o2)CC1)NC1CCN(CC(F)(F)F)C1.I. The van der Waals surface area contributed by atoms with Crippen LogP contribution < -0.4 is 10.6 Å². The van der Waals surface area contributed by atoms with Crippen LogP contribution in [0.15, 0.2) is 9.41 Å². The van der Waals surface area contributed by atoms with E-state index in [9.17, 15) is 13.2 Å². The predicted octanol–water partition coefficient (Wildman–Crippen LogP) is 2.92. The minimum Gasteiger partial charge on any atom is -0.444 e. The third-order valence-corrected chi connectivity index (χ3v) is 5.94. The third kappa shape index (κ3) is 8.41. The van der Waals surface area contributed by atoms with E-state index >= 15 is 0 Å². The minimum absolute atomic E-state index is 0. The Balaban J connectivity index is 0.00000341. The van der Waals surface area contributed by atoms with Gasteiger partial charge in [-0.3, -0.25) is 14.8 Å². The summed E-state index contributed by atoms with van der Waals surface area (Å²) in [7, 11) is 1.70. The van der Waals surface area contributed by atoms with Crippen molar-refractivity contribution >= 4 is 29.9 Å². The number of aliphatic imine (C=N–C) groups is 1. The highest BCUT2D eigenvalue weighted by molar-refractivity contribution is 14.0. The first-order chi connectivity index (χ1) is 14.2. The molecule has 1 aromatic heterocycles. The number of aromatic nitrogens is 1. The van der Waals surface area contributed by atoms with Crippen molar-refractivity contribution in [1.82, 2.24) is 25.4 Å². The van der Waals surface area contributed by atoms with Crippen molar-refractivity contribution in [2.45, 2.75) is 51.9 Å². The maximum Gasteiger partial charge on any atom is 0.401 e. The van der Waals surface area contributed by atoms with E-state index < -0.39 is 12.7 Å². The predicted molar refractivity (Wildman–Crippen MR) is 125 cm³/mol. The molecule has 2 aliphatic rings. The summed E-state index contributed by atoms with van der Waals surface area (Å²) in [5, 5.41) is 6.62. The molecular formula is C20H34F3IN6O. The molecule has 2 aliphatic heterocycles. The summed E-state index contributed by atoms with van der Waals surface area (Å²) in [5.74, 6) is 2.87. The summed E-state index contributed by atoms with van der Waals surface area (Å²) in [6, 6.07) is -0.00638. The molecule has 178 valence electrons. The number of hydrogen-bond acceptors (Lipinski definition) is 5. The van der Waals surface area contributed by atoms with E-state index in [1.54, 1.807) is 7.05 Å². The highest BCUT2D eigenvalue weighted by Crippen LogP contribution is 2.21. The summed E-state index contributed by atoms with van der Waals surface area (Å²) in [6.07, 6.45) is -1.31. The number of piperidine rings is 1. The van der Waals surface area contributed by atoms with Gasteiger partial charge in [0.2, 0.25) is 5.89 Å². The minimum atomic E-state index is -4.14. The fraction of sp³-hybridized carbons (Fsp3) is 0.800. The summed E-state index contributed by atoms with van der Waals surface area (Å²) in [5.41, 5.74) is 0.951. The highest BCUT2D eigenvalue weighted by Gasteiger charge is 2.34. The van der Waals surface area contributed by atoms with E-state index in [0.29, 0.717) is 31.4 Å². The molecular weight excluding hydrogens is 524 g/mol. The van der Waals surface area contributed by atoms with Crippen LogP contribution in [0.1, 0.15) is 36.6 Å². The van der Waals surface area contributed by atoms with Crippen molar-refractivity contribution in [1.29, 1.82) is 0 Å². The van der Waals surface area contributed by atoms with Crippen LogP contribution in [-0.2, 0) is 6.54 Å². The quantitative estimate of drug-likeness (QED) is 0.318. The highest BCUT2D eigenvalue weighted by atomic mass is 127. The first-order valence-corrected chi connectivity index (χ1v) is 10.6. The molecule has 0 amide bonds. The molecule has 0 aromatic carbocycles. The zero-order chi connectivity index (χ0) is 21.7. The molecule has 2 saturated heterocycles. The van der Waals surface area contributed by atoms with Crippen LogP contribution in [0.4, 0.5) is 13.2 Å². The lowest BCUT2D eigenvalue weighted by Gasteiger charge is -2.31. The third-order valence-electron chi connectivity index (χ3n) is 5.94. The van der Waals surface area contributed by atoms with E-state index in [1.165, 1.54) is 4.90 Å². The summed E-state index contributed by atoms with van der Waals surface area (Å²) in [4.78, 5) is 12.5. The Morgan fingerprint density at radius 2 is 1.84 bits per heavy atom. The molecule has 1 aromatic rings. The van der Waals surface area contributed by atoms with Gasteiger partial charge in [-0.05, 0) is 52.1 Å². The molecule has 1 atom stereocenters. The number of hydrogen-bond donors (Lipinski definition) is 2. The zero-order valence-electron chi connectivity index (χ0n) is 18.5. The van der Waals surface area contributed by atoms with Crippen molar-refractivity contribution in [2.75, 3.05) is 46.3 Å². The van der Waals surface area contributed by atoms with E-state index in [1.807, 2.05) is 13.8 Å². The van der Waals surface area contributed by atoms with Crippen molar-refractivity contribution < 1.29 is 17.6 Å². The van der Waals surface area contributed by atoms with Gasteiger partial charge in [-0.25, -0.2) is 4.98 Å². The first-order valence-electron chi connectivity index (χ1n) is 10.6. The van der Waals surface area contributed by atoms with Crippen molar-refractivity contribution in [3.05, 3.63) is 17.3 Å². The molecule has 11 heteroatoms. The van der Waals surface area contributed by atoms with Gasteiger partial charge in [0, 0.05) is 32.7 Å². The number of likely N-dealkylation sites (tertiary alicyclic amines) is 2. The molecule has 0 spiro atoms. The summed E-state index contributed by atoms with van der Waals surface area (Å²) >= 11 is 0. The second-order valence-corrected chi connectivity index (χ2v) is 8.40. The van der Waals surface area contributed by atoms with Gasteiger partial charge < -0.3 is 15.1 Å². The van der Waals surface area contributed by atoms with Crippen molar-refractivity contribution in [3.63, 3.8) is 0 Å². The Labute approximate surface area is 199 Å². The van der Waals surface area contributed by atoms with Gasteiger partial charge in [0.15, 0.2) is 5.96 Å². The molecule has 0 bridgehead atoms. The normalized spacial score (nSPS) is 21.9. The standard InChI is InChI=1S/C20H33F3N6O.HI/c1-14-15(2)30-18(26-14)12-28-7-4-16(5-8-28)10-25-19(24-3)27-17-6-9-29(11-17)13-20(21,22)23;/h16-17H,4-13H2,1-3H3,(H2,24,25,27);1H. The Morgan fingerprint density at radius 1 is 1.16 bits per heavy atom. The topological polar surface area (TPSA) is 68.9 Å². The zero-order valence-corrected chi connectivity index (χ0v) is 20.8. The molecule has 0 aliphatic carbocycles. The van der Waals surface area contributed by atoms with Crippen LogP contribution in [0.2, 0.25) is 0 Å². The lowest BCUT2D eigenvalue weighted by molar-refractivity contribution is -0.143. The largest absolute Gasteiger partial charge is 0.444 e. The number of aryl methyl sites for hydroxylation is 2. The Bertz CT molecular complexity index is 699. The van der Waals surface area contributed by atoms with Crippen LogP contribution in [0, 0.1) is 19.8 Å². The van der Waals surface area contributed by atoms with Crippen LogP contribution in [0.3, 0.4) is 0 Å². The van der Waals surface area contributed by atoms with Gasteiger partial charge in [-0.2, -0.15) is 13.2 Å². The fourth-order valence-corrected chi connectivity index (χ4v) is 4.12. The van der Waals surface area contributed by atoms with E-state index in [-0.39, 0.29) is 30.0 Å². The van der Waals surface area contributed by atoms with Crippen molar-refractivity contribution in [3.8, 4) is 0 Å². The van der Waals surface area contributed by atoms with Gasteiger partial charge in [0.05, 0.1) is 18.8 Å². The van der Waals surface area contributed by atoms with Gasteiger partial charge in [0.25, 0.3) is 0 Å². The Morgan fingerprint density at radius 3 is 2.42 bits per heavy atom. The van der Waals surface area contributed by atoms with Gasteiger partial charge >= 0.3 is 6.18 Å². The van der Waals surface area contributed by atoms with Crippen LogP contribution in [-0.4, -0.2) is 79.3 Å². The van der Waals surface area contributed by atoms with E-state index in [0.717, 1.165) is 56.4 Å². The number of guanidine groups is 1. The number of nitrogens with zero attached hydrogens (tertiary/aromatic N) is 4. The summed E-state index contributed by atoms with van der Waals surface area (Å²) < 4.78 is 43.3. The Hall–Kier alpha value is -1.08. The monoisotopic (exact) mass is 558 g/mol. The molecule has 1 unspecified atom stereocenters. The maximum atomic E-state index is 12.5. The average Bonchev–Trinajstić information content (AvgIpc) is 3.24. The molecule has 0 saturated carbocycles. The molecule has 0 radical (unpaired) electrons.